The molecule has 0 spiro atoms. The number of aryl methyl sites for hydroxylation is 1. The third-order valence-electron chi connectivity index (χ3n) is 5.97. The van der Waals surface area contributed by atoms with Crippen molar-refractivity contribution in [2.75, 3.05) is 11.4 Å². The summed E-state index contributed by atoms with van der Waals surface area (Å²) in [6, 6.07) is 5.38. The molecule has 1 unspecified atom stereocenters. The minimum atomic E-state index is -0.382. The molecule has 166 valence electrons. The van der Waals surface area contributed by atoms with Crippen LogP contribution in [0.25, 0.3) is 10.8 Å². The number of benzene rings is 1. The van der Waals surface area contributed by atoms with Crippen LogP contribution >= 0.6 is 11.5 Å². The summed E-state index contributed by atoms with van der Waals surface area (Å²) < 4.78 is 19.7. The van der Waals surface area contributed by atoms with Gasteiger partial charge >= 0.3 is 0 Å². The third-order valence-corrected chi connectivity index (χ3v) is 6.77. The number of halogens is 1. The number of hydrogen-bond donors (Lipinski definition) is 0. The van der Waals surface area contributed by atoms with Gasteiger partial charge in [-0.3, -0.25) is 14.5 Å². The van der Waals surface area contributed by atoms with Crippen molar-refractivity contribution in [3.05, 3.63) is 47.2 Å². The van der Waals surface area contributed by atoms with Crippen LogP contribution in [0, 0.1) is 12.7 Å². The summed E-state index contributed by atoms with van der Waals surface area (Å²) in [6.45, 7) is 6.31. The van der Waals surface area contributed by atoms with Crippen LogP contribution in [0.1, 0.15) is 54.6 Å². The average molecular weight is 455 g/mol. The molecule has 3 heterocycles. The van der Waals surface area contributed by atoms with Gasteiger partial charge in [0, 0.05) is 31.6 Å². The van der Waals surface area contributed by atoms with E-state index in [2.05, 4.69) is 13.9 Å². The van der Waals surface area contributed by atoms with Gasteiger partial charge in [0.05, 0.1) is 11.7 Å². The van der Waals surface area contributed by atoms with Crippen LogP contribution < -0.4 is 4.90 Å². The highest BCUT2D eigenvalue weighted by Crippen LogP contribution is 2.41. The van der Waals surface area contributed by atoms with E-state index in [-0.39, 0.29) is 29.7 Å². The Morgan fingerprint density at radius 1 is 1.16 bits per heavy atom. The standard InChI is InChI=1S/C22H23FN6O2S/c1-12-18-19(29(14(3)30)17-8-9-17)25-20(21-24-13(2)26-32-21)28(18)11-10-27(12)22(31)15-4-6-16(23)7-5-15/h4-7,12,17H,8-11H2,1-3H3. The monoisotopic (exact) mass is 454 g/mol. The molecule has 0 saturated heterocycles. The SMILES string of the molecule is CC(=O)N(c1nc(-c2nc(C)ns2)n2c1C(C)N(C(=O)c1ccc(F)cc1)CC2)C1CC1. The molecule has 10 heteroatoms. The lowest BCUT2D eigenvalue weighted by Crippen LogP contribution is -2.42. The molecule has 8 nitrogen and oxygen atoms in total. The molecule has 0 bridgehead atoms. The Bertz CT molecular complexity index is 1200. The summed E-state index contributed by atoms with van der Waals surface area (Å²) in [5.41, 5.74) is 1.25. The molecule has 32 heavy (non-hydrogen) atoms. The predicted molar refractivity (Wildman–Crippen MR) is 118 cm³/mol. The number of fused-ring (bicyclic) bond motifs is 1. The first kappa shape index (κ1) is 20.7. The maximum absolute atomic E-state index is 13.3. The van der Waals surface area contributed by atoms with Gasteiger partial charge in [-0.2, -0.15) is 4.37 Å². The molecule has 1 fully saturated rings. The van der Waals surface area contributed by atoms with E-state index in [0.29, 0.717) is 41.1 Å². The lowest BCUT2D eigenvalue weighted by Gasteiger charge is -2.36. The average Bonchev–Trinajstić information content (AvgIpc) is 3.37. The minimum absolute atomic E-state index is 0.0671. The van der Waals surface area contributed by atoms with Gasteiger partial charge in [-0.1, -0.05) is 0 Å². The van der Waals surface area contributed by atoms with Gasteiger partial charge < -0.3 is 9.47 Å². The highest BCUT2D eigenvalue weighted by Gasteiger charge is 2.41. The van der Waals surface area contributed by atoms with Gasteiger partial charge in [-0.05, 0) is 62.5 Å². The molecular formula is C22H23FN6O2S. The second-order valence-corrected chi connectivity index (χ2v) is 9.00. The van der Waals surface area contributed by atoms with Crippen LogP contribution in [-0.4, -0.2) is 48.2 Å². The number of aromatic nitrogens is 4. The van der Waals surface area contributed by atoms with Gasteiger partial charge in [-0.25, -0.2) is 14.4 Å². The van der Waals surface area contributed by atoms with Gasteiger partial charge in [0.15, 0.2) is 16.6 Å². The van der Waals surface area contributed by atoms with Crippen molar-refractivity contribution in [2.24, 2.45) is 0 Å². The van der Waals surface area contributed by atoms with Crippen LogP contribution in [0.3, 0.4) is 0 Å². The van der Waals surface area contributed by atoms with Crippen molar-refractivity contribution >= 4 is 29.2 Å². The lowest BCUT2D eigenvalue weighted by atomic mass is 10.1. The highest BCUT2D eigenvalue weighted by atomic mass is 32.1. The number of nitrogens with zero attached hydrogens (tertiary/aromatic N) is 6. The van der Waals surface area contributed by atoms with Crippen molar-refractivity contribution in [1.29, 1.82) is 0 Å². The second-order valence-electron chi connectivity index (χ2n) is 8.24. The fourth-order valence-corrected chi connectivity index (χ4v) is 4.99. The summed E-state index contributed by atoms with van der Waals surface area (Å²) in [5.74, 6) is 1.31. The van der Waals surface area contributed by atoms with Crippen molar-refractivity contribution in [1.82, 2.24) is 23.8 Å². The van der Waals surface area contributed by atoms with Gasteiger partial charge in [0.2, 0.25) is 5.91 Å². The molecule has 2 aliphatic rings. The maximum atomic E-state index is 13.3. The molecule has 1 aliphatic heterocycles. The Balaban J connectivity index is 1.60. The summed E-state index contributed by atoms with van der Waals surface area (Å²) in [5, 5.41) is 0.694. The van der Waals surface area contributed by atoms with E-state index in [4.69, 9.17) is 4.98 Å². The van der Waals surface area contributed by atoms with Crippen molar-refractivity contribution < 1.29 is 14.0 Å². The van der Waals surface area contributed by atoms with E-state index in [1.54, 1.807) is 16.7 Å². The smallest absolute Gasteiger partial charge is 0.254 e. The number of imidazole rings is 1. The summed E-state index contributed by atoms with van der Waals surface area (Å²) in [7, 11) is 0. The van der Waals surface area contributed by atoms with Crippen molar-refractivity contribution in [3.8, 4) is 10.8 Å². The first-order valence-electron chi connectivity index (χ1n) is 10.6. The zero-order chi connectivity index (χ0) is 22.6. The van der Waals surface area contributed by atoms with Gasteiger partial charge in [0.25, 0.3) is 5.91 Å². The Morgan fingerprint density at radius 2 is 1.88 bits per heavy atom. The molecule has 1 aliphatic carbocycles. The first-order valence-corrected chi connectivity index (χ1v) is 11.4. The lowest BCUT2D eigenvalue weighted by molar-refractivity contribution is -0.116. The zero-order valence-corrected chi connectivity index (χ0v) is 18.9. The van der Waals surface area contributed by atoms with E-state index in [1.807, 2.05) is 13.8 Å². The van der Waals surface area contributed by atoms with Crippen molar-refractivity contribution in [3.63, 3.8) is 0 Å². The molecule has 0 N–H and O–H groups in total. The number of carbonyl (C=O) groups excluding carboxylic acids is 2. The Labute approximate surface area is 188 Å². The number of amides is 2. The first-order chi connectivity index (χ1) is 15.3. The molecule has 5 rings (SSSR count). The van der Waals surface area contributed by atoms with E-state index in [9.17, 15) is 14.0 Å². The topological polar surface area (TPSA) is 84.2 Å². The van der Waals surface area contributed by atoms with E-state index < -0.39 is 0 Å². The Kier molecular flexibility index (Phi) is 5.04. The van der Waals surface area contributed by atoms with Crippen LogP contribution in [0.15, 0.2) is 24.3 Å². The molecule has 1 saturated carbocycles. The summed E-state index contributed by atoms with van der Waals surface area (Å²) in [6.07, 6.45) is 1.87. The van der Waals surface area contributed by atoms with Crippen LogP contribution in [0.5, 0.6) is 0 Å². The molecule has 0 radical (unpaired) electrons. The number of anilines is 1. The van der Waals surface area contributed by atoms with Crippen LogP contribution in [0.2, 0.25) is 0 Å². The number of rotatable bonds is 4. The van der Waals surface area contributed by atoms with E-state index in [0.717, 1.165) is 18.5 Å². The van der Waals surface area contributed by atoms with Gasteiger partial charge in [-0.15, -0.1) is 0 Å². The number of hydrogen-bond acceptors (Lipinski definition) is 6. The van der Waals surface area contributed by atoms with E-state index >= 15 is 0 Å². The Hall–Kier alpha value is -3.14. The molecule has 1 aromatic carbocycles. The zero-order valence-electron chi connectivity index (χ0n) is 18.1. The molecular weight excluding hydrogens is 431 g/mol. The fourth-order valence-electron chi connectivity index (χ4n) is 4.32. The Morgan fingerprint density at radius 3 is 2.47 bits per heavy atom. The largest absolute Gasteiger partial charge is 0.328 e. The maximum Gasteiger partial charge on any atom is 0.254 e. The summed E-state index contributed by atoms with van der Waals surface area (Å²) >= 11 is 1.28. The van der Waals surface area contributed by atoms with Crippen LogP contribution in [0.4, 0.5) is 10.2 Å². The van der Waals surface area contributed by atoms with Gasteiger partial charge in [0.1, 0.15) is 11.6 Å². The van der Waals surface area contributed by atoms with Crippen molar-refractivity contribution in [2.45, 2.75) is 52.2 Å². The highest BCUT2D eigenvalue weighted by molar-refractivity contribution is 7.09. The molecule has 3 aromatic rings. The minimum Gasteiger partial charge on any atom is -0.328 e. The third kappa shape index (κ3) is 3.48. The molecule has 2 aromatic heterocycles. The van der Waals surface area contributed by atoms with E-state index in [1.165, 1.54) is 35.8 Å². The van der Waals surface area contributed by atoms with Crippen LogP contribution in [-0.2, 0) is 11.3 Å². The second kappa shape index (κ2) is 7.77. The predicted octanol–water partition coefficient (Wildman–Crippen LogP) is 3.58. The normalized spacial score (nSPS) is 17.9. The summed E-state index contributed by atoms with van der Waals surface area (Å²) in [4.78, 5) is 38.7. The number of carbonyl (C=O) groups is 2. The fraction of sp³-hybridized carbons (Fsp3) is 0.409. The quantitative estimate of drug-likeness (QED) is 0.602. The molecule has 2 amide bonds. The molecule has 1 atom stereocenters.